The van der Waals surface area contributed by atoms with Crippen LogP contribution in [0, 0.1) is 17.2 Å². The van der Waals surface area contributed by atoms with Crippen LogP contribution in [0.4, 0.5) is 0 Å². The molecule has 1 aliphatic rings. The minimum Gasteiger partial charge on any atom is -0.361 e. The molecule has 2 atom stereocenters. The third-order valence-electron chi connectivity index (χ3n) is 4.34. The van der Waals surface area contributed by atoms with Crippen molar-refractivity contribution in [2.75, 3.05) is 13.1 Å². The van der Waals surface area contributed by atoms with Crippen molar-refractivity contribution >= 4 is 10.9 Å². The van der Waals surface area contributed by atoms with Crippen molar-refractivity contribution in [3.8, 4) is 6.07 Å². The first-order valence-electron chi connectivity index (χ1n) is 7.55. The van der Waals surface area contributed by atoms with Crippen LogP contribution in [0.25, 0.3) is 10.9 Å². The highest BCUT2D eigenvalue weighted by molar-refractivity contribution is 5.85. The molecule has 2 aromatic rings. The van der Waals surface area contributed by atoms with E-state index in [0.29, 0.717) is 5.92 Å². The number of nitrogens with zero attached hydrogens (tertiary/aromatic N) is 1. The van der Waals surface area contributed by atoms with Crippen molar-refractivity contribution in [3.05, 3.63) is 35.5 Å². The summed E-state index contributed by atoms with van der Waals surface area (Å²) in [5.74, 6) is 1.53. The number of hydrogen-bond acceptors (Lipinski definition) is 2. The van der Waals surface area contributed by atoms with Crippen LogP contribution in [-0.2, 0) is 0 Å². The van der Waals surface area contributed by atoms with E-state index in [1.165, 1.54) is 30.2 Å². The van der Waals surface area contributed by atoms with Gasteiger partial charge in [0.25, 0.3) is 0 Å². The molecule has 20 heavy (non-hydrogen) atoms. The SMILES string of the molecule is CCNCCC[C@@H]1C[C@H]1c1c[nH]c2ccc(C#N)cc12. The lowest BCUT2D eigenvalue weighted by atomic mass is 10.0. The van der Waals surface area contributed by atoms with Gasteiger partial charge in [-0.3, -0.25) is 0 Å². The molecule has 1 aliphatic carbocycles. The second kappa shape index (κ2) is 5.68. The maximum absolute atomic E-state index is 9.03. The van der Waals surface area contributed by atoms with E-state index in [4.69, 9.17) is 5.26 Å². The fraction of sp³-hybridized carbons (Fsp3) is 0.471. The number of hydrogen-bond donors (Lipinski definition) is 2. The average Bonchev–Trinajstić information content (AvgIpc) is 3.12. The van der Waals surface area contributed by atoms with E-state index in [9.17, 15) is 0 Å². The first-order valence-corrected chi connectivity index (χ1v) is 7.55. The van der Waals surface area contributed by atoms with Gasteiger partial charge < -0.3 is 10.3 Å². The Morgan fingerprint density at radius 3 is 3.15 bits per heavy atom. The van der Waals surface area contributed by atoms with Gasteiger partial charge in [0.15, 0.2) is 0 Å². The summed E-state index contributed by atoms with van der Waals surface area (Å²) in [6.45, 7) is 4.35. The normalized spacial score (nSPS) is 21.0. The third-order valence-corrected chi connectivity index (χ3v) is 4.34. The summed E-state index contributed by atoms with van der Waals surface area (Å²) < 4.78 is 0. The summed E-state index contributed by atoms with van der Waals surface area (Å²) >= 11 is 0. The van der Waals surface area contributed by atoms with Crippen molar-refractivity contribution in [1.29, 1.82) is 5.26 Å². The van der Waals surface area contributed by atoms with Gasteiger partial charge in [-0.1, -0.05) is 6.92 Å². The van der Waals surface area contributed by atoms with Crippen molar-refractivity contribution in [3.63, 3.8) is 0 Å². The van der Waals surface area contributed by atoms with Gasteiger partial charge in [0.2, 0.25) is 0 Å². The predicted octanol–water partition coefficient (Wildman–Crippen LogP) is 3.53. The fourth-order valence-electron chi connectivity index (χ4n) is 3.13. The van der Waals surface area contributed by atoms with Gasteiger partial charge in [-0.05, 0) is 68.0 Å². The first-order chi connectivity index (χ1) is 9.83. The van der Waals surface area contributed by atoms with Gasteiger partial charge in [-0.15, -0.1) is 0 Å². The zero-order valence-electron chi connectivity index (χ0n) is 11.9. The lowest BCUT2D eigenvalue weighted by Gasteiger charge is -2.01. The average molecular weight is 267 g/mol. The molecule has 3 heteroatoms. The maximum Gasteiger partial charge on any atom is 0.0991 e. The summed E-state index contributed by atoms with van der Waals surface area (Å²) in [5.41, 5.74) is 3.31. The summed E-state index contributed by atoms with van der Waals surface area (Å²) in [5, 5.41) is 13.7. The largest absolute Gasteiger partial charge is 0.361 e. The molecule has 1 fully saturated rings. The lowest BCUT2D eigenvalue weighted by molar-refractivity contribution is 0.599. The van der Waals surface area contributed by atoms with Crippen LogP contribution < -0.4 is 5.32 Å². The predicted molar refractivity (Wildman–Crippen MR) is 81.6 cm³/mol. The maximum atomic E-state index is 9.03. The quantitative estimate of drug-likeness (QED) is 0.787. The number of benzene rings is 1. The third kappa shape index (κ3) is 2.57. The van der Waals surface area contributed by atoms with Crippen molar-refractivity contribution in [2.45, 2.75) is 32.1 Å². The smallest absolute Gasteiger partial charge is 0.0991 e. The minimum atomic E-state index is 0.694. The van der Waals surface area contributed by atoms with E-state index in [1.54, 1.807) is 0 Å². The molecule has 1 aromatic carbocycles. The second-order valence-corrected chi connectivity index (χ2v) is 5.71. The molecule has 3 rings (SSSR count). The molecular weight excluding hydrogens is 246 g/mol. The molecule has 0 radical (unpaired) electrons. The molecule has 1 heterocycles. The van der Waals surface area contributed by atoms with Gasteiger partial charge in [-0.2, -0.15) is 5.26 Å². The Kier molecular flexibility index (Phi) is 3.75. The van der Waals surface area contributed by atoms with Gasteiger partial charge in [0.05, 0.1) is 11.6 Å². The van der Waals surface area contributed by atoms with Gasteiger partial charge in [0, 0.05) is 17.1 Å². The Morgan fingerprint density at radius 2 is 2.35 bits per heavy atom. The fourth-order valence-corrected chi connectivity index (χ4v) is 3.13. The molecule has 0 amide bonds. The van der Waals surface area contributed by atoms with E-state index in [1.807, 2.05) is 18.2 Å². The summed E-state index contributed by atoms with van der Waals surface area (Å²) in [6, 6.07) is 8.15. The number of nitrogens with one attached hydrogen (secondary N) is 2. The van der Waals surface area contributed by atoms with Crippen LogP contribution >= 0.6 is 0 Å². The molecule has 0 aliphatic heterocycles. The van der Waals surface area contributed by atoms with E-state index in [0.717, 1.165) is 30.1 Å². The van der Waals surface area contributed by atoms with Gasteiger partial charge >= 0.3 is 0 Å². The number of aromatic amines is 1. The zero-order valence-corrected chi connectivity index (χ0v) is 11.9. The number of H-pyrrole nitrogens is 1. The second-order valence-electron chi connectivity index (χ2n) is 5.71. The van der Waals surface area contributed by atoms with Crippen molar-refractivity contribution in [2.24, 2.45) is 5.92 Å². The molecule has 104 valence electrons. The Balaban J connectivity index is 1.68. The Labute approximate surface area is 120 Å². The van der Waals surface area contributed by atoms with Crippen molar-refractivity contribution in [1.82, 2.24) is 10.3 Å². The van der Waals surface area contributed by atoms with Crippen LogP contribution in [0.3, 0.4) is 0 Å². The monoisotopic (exact) mass is 267 g/mol. The van der Waals surface area contributed by atoms with E-state index >= 15 is 0 Å². The standard InChI is InChI=1S/C17H21N3/c1-2-19-7-3-4-13-9-14(13)16-11-20-17-6-5-12(10-18)8-15(16)17/h5-6,8,11,13-14,19-20H,2-4,7,9H2,1H3/t13-,14-/m1/s1. The zero-order chi connectivity index (χ0) is 13.9. The molecule has 0 spiro atoms. The molecule has 0 bridgehead atoms. The van der Waals surface area contributed by atoms with E-state index in [2.05, 4.69) is 29.5 Å². The first kappa shape index (κ1) is 13.2. The molecule has 0 unspecified atom stereocenters. The number of aromatic nitrogens is 1. The molecule has 1 saturated carbocycles. The minimum absolute atomic E-state index is 0.694. The van der Waals surface area contributed by atoms with Gasteiger partial charge in [0.1, 0.15) is 0 Å². The van der Waals surface area contributed by atoms with Gasteiger partial charge in [-0.25, -0.2) is 0 Å². The number of nitriles is 1. The highest BCUT2D eigenvalue weighted by atomic mass is 14.8. The molecule has 3 nitrogen and oxygen atoms in total. The van der Waals surface area contributed by atoms with E-state index in [-0.39, 0.29) is 0 Å². The molecule has 0 saturated heterocycles. The molecule has 2 N–H and O–H groups in total. The highest BCUT2D eigenvalue weighted by Crippen LogP contribution is 2.51. The highest BCUT2D eigenvalue weighted by Gasteiger charge is 2.38. The Morgan fingerprint density at radius 1 is 1.45 bits per heavy atom. The molecular formula is C17H21N3. The van der Waals surface area contributed by atoms with Crippen LogP contribution in [-0.4, -0.2) is 18.1 Å². The Hall–Kier alpha value is -1.79. The summed E-state index contributed by atoms with van der Waals surface area (Å²) in [7, 11) is 0. The summed E-state index contributed by atoms with van der Waals surface area (Å²) in [6.07, 6.45) is 6.01. The van der Waals surface area contributed by atoms with Crippen LogP contribution in [0.5, 0.6) is 0 Å². The number of fused-ring (bicyclic) bond motifs is 1. The molecule has 1 aromatic heterocycles. The van der Waals surface area contributed by atoms with Crippen LogP contribution in [0.1, 0.15) is 43.2 Å². The topological polar surface area (TPSA) is 51.6 Å². The summed E-state index contributed by atoms with van der Waals surface area (Å²) in [4.78, 5) is 3.34. The lowest BCUT2D eigenvalue weighted by Crippen LogP contribution is -2.13. The van der Waals surface area contributed by atoms with E-state index < -0.39 is 0 Å². The van der Waals surface area contributed by atoms with Crippen molar-refractivity contribution < 1.29 is 0 Å². The number of rotatable bonds is 6. The van der Waals surface area contributed by atoms with Crippen LogP contribution in [0.2, 0.25) is 0 Å². The Bertz CT molecular complexity index is 635. The van der Waals surface area contributed by atoms with Crippen LogP contribution in [0.15, 0.2) is 24.4 Å².